The van der Waals surface area contributed by atoms with Gasteiger partial charge < -0.3 is 5.32 Å². The highest BCUT2D eigenvalue weighted by atomic mass is 35.5. The van der Waals surface area contributed by atoms with Gasteiger partial charge in [-0.05, 0) is 56.5 Å². The number of benzene rings is 1. The fourth-order valence-electron chi connectivity index (χ4n) is 2.75. The van der Waals surface area contributed by atoms with E-state index >= 15 is 0 Å². The summed E-state index contributed by atoms with van der Waals surface area (Å²) in [6.07, 6.45) is 1.81. The van der Waals surface area contributed by atoms with Crippen molar-refractivity contribution >= 4 is 29.1 Å². The molecule has 23 heavy (non-hydrogen) atoms. The van der Waals surface area contributed by atoms with Gasteiger partial charge >= 0.3 is 0 Å². The predicted molar refractivity (Wildman–Crippen MR) is 96.9 cm³/mol. The number of rotatable bonds is 5. The van der Waals surface area contributed by atoms with E-state index in [1.54, 1.807) is 6.07 Å². The Kier molecular flexibility index (Phi) is 6.75. The first-order valence-electron chi connectivity index (χ1n) is 8.33. The SMILES string of the molecule is CC(C)[C@H](C)NC(=O)C1CCN(Cc2ccc(Cl)cc2Cl)CC1. The molecule has 1 heterocycles. The quantitative estimate of drug-likeness (QED) is 0.849. The molecule has 0 aliphatic carbocycles. The van der Waals surface area contributed by atoms with Crippen molar-refractivity contribution in [3.63, 3.8) is 0 Å². The van der Waals surface area contributed by atoms with Crippen LogP contribution in [0.2, 0.25) is 10.0 Å². The van der Waals surface area contributed by atoms with Crippen molar-refractivity contribution in [2.24, 2.45) is 11.8 Å². The number of hydrogen-bond acceptors (Lipinski definition) is 2. The van der Waals surface area contributed by atoms with E-state index in [0.717, 1.165) is 38.0 Å². The maximum absolute atomic E-state index is 12.3. The van der Waals surface area contributed by atoms with E-state index in [-0.39, 0.29) is 17.9 Å². The molecule has 0 radical (unpaired) electrons. The van der Waals surface area contributed by atoms with Crippen LogP contribution in [0.1, 0.15) is 39.2 Å². The minimum atomic E-state index is 0.133. The third kappa shape index (κ3) is 5.37. The number of nitrogens with zero attached hydrogens (tertiary/aromatic N) is 1. The standard InChI is InChI=1S/C18H26Cl2N2O/c1-12(2)13(3)21-18(23)14-6-8-22(9-7-14)11-15-4-5-16(19)10-17(15)20/h4-5,10,12-14H,6-9,11H2,1-3H3,(H,21,23)/t13-/m0/s1. The molecular weight excluding hydrogens is 331 g/mol. The Morgan fingerprint density at radius 1 is 1.26 bits per heavy atom. The molecule has 128 valence electrons. The first-order valence-corrected chi connectivity index (χ1v) is 9.09. The summed E-state index contributed by atoms with van der Waals surface area (Å²) < 4.78 is 0. The number of amides is 1. The third-order valence-corrected chi connectivity index (χ3v) is 5.32. The number of likely N-dealkylation sites (tertiary alicyclic amines) is 1. The molecular formula is C18H26Cl2N2O. The van der Waals surface area contributed by atoms with Gasteiger partial charge in [-0.15, -0.1) is 0 Å². The van der Waals surface area contributed by atoms with Crippen LogP contribution in [-0.4, -0.2) is 29.9 Å². The lowest BCUT2D eigenvalue weighted by Crippen LogP contribution is -2.44. The van der Waals surface area contributed by atoms with Gasteiger partial charge in [-0.2, -0.15) is 0 Å². The second kappa shape index (κ2) is 8.36. The smallest absolute Gasteiger partial charge is 0.223 e. The van der Waals surface area contributed by atoms with E-state index in [0.29, 0.717) is 16.0 Å². The molecule has 0 spiro atoms. The van der Waals surface area contributed by atoms with Gasteiger partial charge in [0.2, 0.25) is 5.91 Å². The largest absolute Gasteiger partial charge is 0.353 e. The van der Waals surface area contributed by atoms with Gasteiger partial charge in [-0.25, -0.2) is 0 Å². The summed E-state index contributed by atoms with van der Waals surface area (Å²) in [4.78, 5) is 14.7. The average Bonchev–Trinajstić information content (AvgIpc) is 2.50. The Bertz CT molecular complexity index is 540. The molecule has 3 nitrogen and oxygen atoms in total. The van der Waals surface area contributed by atoms with Crippen LogP contribution < -0.4 is 5.32 Å². The number of carbonyl (C=O) groups is 1. The lowest BCUT2D eigenvalue weighted by molar-refractivity contribution is -0.127. The zero-order valence-corrected chi connectivity index (χ0v) is 15.6. The van der Waals surface area contributed by atoms with Crippen molar-refractivity contribution in [1.29, 1.82) is 0 Å². The topological polar surface area (TPSA) is 32.3 Å². The monoisotopic (exact) mass is 356 g/mol. The Morgan fingerprint density at radius 2 is 1.91 bits per heavy atom. The summed E-state index contributed by atoms with van der Waals surface area (Å²) in [5, 5.41) is 4.51. The molecule has 1 atom stereocenters. The van der Waals surface area contributed by atoms with Crippen LogP contribution in [0, 0.1) is 11.8 Å². The van der Waals surface area contributed by atoms with Crippen LogP contribution >= 0.6 is 23.2 Å². The van der Waals surface area contributed by atoms with E-state index in [1.807, 2.05) is 12.1 Å². The third-order valence-electron chi connectivity index (χ3n) is 4.74. The van der Waals surface area contributed by atoms with Crippen LogP contribution in [-0.2, 0) is 11.3 Å². The molecule has 0 bridgehead atoms. The normalized spacial score (nSPS) is 18.2. The van der Waals surface area contributed by atoms with E-state index in [9.17, 15) is 4.79 Å². The molecule has 2 rings (SSSR count). The van der Waals surface area contributed by atoms with Gasteiger partial charge in [-0.3, -0.25) is 9.69 Å². The van der Waals surface area contributed by atoms with Crippen LogP contribution in [0.3, 0.4) is 0 Å². The molecule has 1 N–H and O–H groups in total. The summed E-state index contributed by atoms with van der Waals surface area (Å²) in [6, 6.07) is 5.86. The van der Waals surface area contributed by atoms with Gasteiger partial charge in [0.25, 0.3) is 0 Å². The minimum Gasteiger partial charge on any atom is -0.353 e. The molecule has 1 saturated heterocycles. The molecule has 1 aromatic rings. The summed E-state index contributed by atoms with van der Waals surface area (Å²) in [6.45, 7) is 8.99. The lowest BCUT2D eigenvalue weighted by atomic mass is 9.94. The Balaban J connectivity index is 1.83. The van der Waals surface area contributed by atoms with Gasteiger partial charge in [0, 0.05) is 28.5 Å². The highest BCUT2D eigenvalue weighted by Gasteiger charge is 2.26. The second-order valence-corrected chi connectivity index (χ2v) is 7.67. The average molecular weight is 357 g/mol. The van der Waals surface area contributed by atoms with E-state index in [2.05, 4.69) is 31.0 Å². The first kappa shape index (κ1) is 18.6. The van der Waals surface area contributed by atoms with Crippen LogP contribution in [0.5, 0.6) is 0 Å². The van der Waals surface area contributed by atoms with Crippen LogP contribution in [0.25, 0.3) is 0 Å². The first-order chi connectivity index (χ1) is 10.9. The summed E-state index contributed by atoms with van der Waals surface area (Å²) in [7, 11) is 0. The molecule has 0 saturated carbocycles. The van der Waals surface area contributed by atoms with Gasteiger partial charge in [0.15, 0.2) is 0 Å². The zero-order valence-electron chi connectivity index (χ0n) is 14.1. The zero-order chi connectivity index (χ0) is 17.0. The lowest BCUT2D eigenvalue weighted by Gasteiger charge is -2.32. The molecule has 1 aliphatic rings. The summed E-state index contributed by atoms with van der Waals surface area (Å²) >= 11 is 12.2. The number of nitrogens with one attached hydrogen (secondary N) is 1. The fraction of sp³-hybridized carbons (Fsp3) is 0.611. The van der Waals surface area contributed by atoms with Crippen LogP contribution in [0.15, 0.2) is 18.2 Å². The van der Waals surface area contributed by atoms with Crippen molar-refractivity contribution in [2.45, 2.75) is 46.2 Å². The van der Waals surface area contributed by atoms with Crippen molar-refractivity contribution in [3.05, 3.63) is 33.8 Å². The highest BCUT2D eigenvalue weighted by molar-refractivity contribution is 6.35. The van der Waals surface area contributed by atoms with Crippen molar-refractivity contribution in [3.8, 4) is 0 Å². The van der Waals surface area contributed by atoms with Crippen molar-refractivity contribution in [1.82, 2.24) is 10.2 Å². The van der Waals surface area contributed by atoms with E-state index < -0.39 is 0 Å². The summed E-state index contributed by atoms with van der Waals surface area (Å²) in [5.41, 5.74) is 1.09. The van der Waals surface area contributed by atoms with Crippen LogP contribution in [0.4, 0.5) is 0 Å². The molecule has 1 fully saturated rings. The molecule has 1 aliphatic heterocycles. The summed E-state index contributed by atoms with van der Waals surface area (Å²) in [5.74, 6) is 0.801. The van der Waals surface area contributed by atoms with Gasteiger partial charge in [0.05, 0.1) is 0 Å². The fourth-order valence-corrected chi connectivity index (χ4v) is 3.22. The van der Waals surface area contributed by atoms with E-state index in [1.165, 1.54) is 0 Å². The maximum atomic E-state index is 12.3. The molecule has 0 aromatic heterocycles. The molecule has 0 unspecified atom stereocenters. The number of halogens is 2. The highest BCUT2D eigenvalue weighted by Crippen LogP contribution is 2.25. The minimum absolute atomic E-state index is 0.133. The van der Waals surface area contributed by atoms with Gasteiger partial charge in [0.1, 0.15) is 0 Å². The van der Waals surface area contributed by atoms with Crippen molar-refractivity contribution < 1.29 is 4.79 Å². The van der Waals surface area contributed by atoms with Gasteiger partial charge in [-0.1, -0.05) is 43.1 Å². The van der Waals surface area contributed by atoms with E-state index in [4.69, 9.17) is 23.2 Å². The number of carbonyl (C=O) groups excluding carboxylic acids is 1. The second-order valence-electron chi connectivity index (χ2n) is 6.83. The number of piperidine rings is 1. The Morgan fingerprint density at radius 3 is 2.48 bits per heavy atom. The Hall–Kier alpha value is -0.770. The van der Waals surface area contributed by atoms with Crippen molar-refractivity contribution in [2.75, 3.05) is 13.1 Å². The maximum Gasteiger partial charge on any atom is 0.223 e. The number of hydrogen-bond donors (Lipinski definition) is 1. The molecule has 1 amide bonds. The molecule has 1 aromatic carbocycles. The molecule has 5 heteroatoms. The predicted octanol–water partition coefficient (Wildman–Crippen LogP) is 4.37. The Labute approximate surface area is 149 Å².